The molecule has 0 spiro atoms. The van der Waals surface area contributed by atoms with Crippen molar-refractivity contribution in [3.8, 4) is 5.69 Å². The zero-order chi connectivity index (χ0) is 15.4. The van der Waals surface area contributed by atoms with E-state index in [4.69, 9.17) is 0 Å². The van der Waals surface area contributed by atoms with Crippen LogP contribution in [0.2, 0.25) is 0 Å². The molecule has 0 fully saturated rings. The summed E-state index contributed by atoms with van der Waals surface area (Å²) < 4.78 is 2.89. The predicted molar refractivity (Wildman–Crippen MR) is 90.8 cm³/mol. The summed E-state index contributed by atoms with van der Waals surface area (Å²) >= 11 is 3.58. The third-order valence-electron chi connectivity index (χ3n) is 3.63. The second kappa shape index (κ2) is 6.85. The van der Waals surface area contributed by atoms with Crippen LogP contribution in [0.25, 0.3) is 5.69 Å². The van der Waals surface area contributed by atoms with Gasteiger partial charge in [0.05, 0.1) is 5.69 Å². The highest BCUT2D eigenvalue weighted by Gasteiger charge is 2.06. The summed E-state index contributed by atoms with van der Waals surface area (Å²) in [6.45, 7) is 2.99. The molecule has 5 heteroatoms. The quantitative estimate of drug-likeness (QED) is 0.754. The van der Waals surface area contributed by atoms with E-state index in [0.717, 1.165) is 16.7 Å². The second-order valence-corrected chi connectivity index (χ2v) is 5.98. The van der Waals surface area contributed by atoms with Gasteiger partial charge in [-0.15, -0.1) is 0 Å². The maximum atomic E-state index is 4.13. The smallest absolute Gasteiger partial charge is 0.138 e. The standard InChI is InChI=1S/C17H17BrN4/c1-13(20-10-15-4-2-3-5-17(15)18)14-6-8-16(9-7-14)22-12-19-11-21-22/h2-9,11-13,20H,10H2,1H3/t13-/m1/s1. The van der Waals surface area contributed by atoms with Crippen molar-refractivity contribution < 1.29 is 0 Å². The average Bonchev–Trinajstić information content (AvgIpc) is 3.08. The number of rotatable bonds is 5. The molecule has 1 heterocycles. The van der Waals surface area contributed by atoms with E-state index in [0.29, 0.717) is 0 Å². The molecule has 0 saturated heterocycles. The number of hydrogen-bond acceptors (Lipinski definition) is 3. The van der Waals surface area contributed by atoms with Crippen molar-refractivity contribution in [3.63, 3.8) is 0 Å². The highest BCUT2D eigenvalue weighted by molar-refractivity contribution is 9.10. The third-order valence-corrected chi connectivity index (χ3v) is 4.41. The van der Waals surface area contributed by atoms with Gasteiger partial charge in [0.25, 0.3) is 0 Å². The molecular formula is C17H17BrN4. The lowest BCUT2D eigenvalue weighted by atomic mass is 10.1. The molecule has 1 N–H and O–H groups in total. The van der Waals surface area contributed by atoms with Gasteiger partial charge >= 0.3 is 0 Å². The van der Waals surface area contributed by atoms with Crippen molar-refractivity contribution >= 4 is 15.9 Å². The van der Waals surface area contributed by atoms with Gasteiger partial charge in [-0.05, 0) is 36.2 Å². The Balaban J connectivity index is 1.65. The molecule has 0 saturated carbocycles. The SMILES string of the molecule is C[C@@H](NCc1ccccc1Br)c1ccc(-n2cncn2)cc1. The number of halogens is 1. The second-order valence-electron chi connectivity index (χ2n) is 5.13. The van der Waals surface area contributed by atoms with Crippen LogP contribution in [-0.2, 0) is 6.54 Å². The summed E-state index contributed by atoms with van der Waals surface area (Å²) in [6.07, 6.45) is 3.24. The molecule has 0 aliphatic rings. The Bertz CT molecular complexity index is 723. The predicted octanol–water partition coefficient (Wildman–Crippen LogP) is 3.88. The number of aromatic nitrogens is 3. The minimum atomic E-state index is 0.275. The number of benzene rings is 2. The van der Waals surface area contributed by atoms with E-state index in [1.807, 2.05) is 6.07 Å². The van der Waals surface area contributed by atoms with E-state index in [2.05, 4.69) is 80.7 Å². The minimum absolute atomic E-state index is 0.275. The van der Waals surface area contributed by atoms with Crippen LogP contribution in [0.1, 0.15) is 24.1 Å². The molecule has 0 bridgehead atoms. The fourth-order valence-corrected chi connectivity index (χ4v) is 2.70. The Morgan fingerprint density at radius 2 is 1.91 bits per heavy atom. The first-order valence-corrected chi connectivity index (χ1v) is 7.95. The Morgan fingerprint density at radius 1 is 1.14 bits per heavy atom. The number of hydrogen-bond donors (Lipinski definition) is 1. The van der Waals surface area contributed by atoms with Crippen molar-refractivity contribution in [2.45, 2.75) is 19.5 Å². The van der Waals surface area contributed by atoms with E-state index >= 15 is 0 Å². The normalized spacial score (nSPS) is 12.3. The summed E-state index contributed by atoms with van der Waals surface area (Å²) in [7, 11) is 0. The van der Waals surface area contributed by atoms with Gasteiger partial charge in [0, 0.05) is 17.1 Å². The fourth-order valence-electron chi connectivity index (χ4n) is 2.28. The molecule has 0 aliphatic heterocycles. The molecule has 0 unspecified atom stereocenters. The summed E-state index contributed by atoms with van der Waals surface area (Å²) in [5.74, 6) is 0. The first kappa shape index (κ1) is 14.9. The van der Waals surface area contributed by atoms with Gasteiger partial charge in [-0.3, -0.25) is 0 Å². The molecule has 1 aromatic heterocycles. The topological polar surface area (TPSA) is 42.7 Å². The molecule has 112 valence electrons. The average molecular weight is 357 g/mol. The lowest BCUT2D eigenvalue weighted by molar-refractivity contribution is 0.573. The monoisotopic (exact) mass is 356 g/mol. The van der Waals surface area contributed by atoms with Gasteiger partial charge in [0.15, 0.2) is 0 Å². The van der Waals surface area contributed by atoms with Crippen LogP contribution in [0.3, 0.4) is 0 Å². The van der Waals surface area contributed by atoms with Gasteiger partial charge < -0.3 is 5.32 Å². The van der Waals surface area contributed by atoms with Gasteiger partial charge in [-0.2, -0.15) is 5.10 Å². The molecule has 0 radical (unpaired) electrons. The Kier molecular flexibility index (Phi) is 4.65. The Morgan fingerprint density at radius 3 is 2.59 bits per heavy atom. The molecule has 3 aromatic rings. The highest BCUT2D eigenvalue weighted by atomic mass is 79.9. The summed E-state index contributed by atoms with van der Waals surface area (Å²) in [6, 6.07) is 16.9. The van der Waals surface area contributed by atoms with Crippen LogP contribution in [0.15, 0.2) is 65.7 Å². The maximum Gasteiger partial charge on any atom is 0.138 e. The summed E-state index contributed by atoms with van der Waals surface area (Å²) in [5, 5.41) is 7.68. The van der Waals surface area contributed by atoms with Crippen molar-refractivity contribution in [3.05, 3.63) is 76.8 Å². The Hall–Kier alpha value is -1.98. The zero-order valence-corrected chi connectivity index (χ0v) is 13.9. The summed E-state index contributed by atoms with van der Waals surface area (Å²) in [5.41, 5.74) is 3.52. The molecule has 22 heavy (non-hydrogen) atoms. The zero-order valence-electron chi connectivity index (χ0n) is 12.3. The van der Waals surface area contributed by atoms with E-state index in [1.54, 1.807) is 11.0 Å². The van der Waals surface area contributed by atoms with Crippen LogP contribution in [0.4, 0.5) is 0 Å². The molecule has 1 atom stereocenters. The van der Waals surface area contributed by atoms with Crippen molar-refractivity contribution in [2.75, 3.05) is 0 Å². The molecule has 2 aromatic carbocycles. The van der Waals surface area contributed by atoms with E-state index < -0.39 is 0 Å². The van der Waals surface area contributed by atoms with Crippen LogP contribution >= 0.6 is 15.9 Å². The first-order chi connectivity index (χ1) is 10.7. The maximum absolute atomic E-state index is 4.13. The van der Waals surface area contributed by atoms with Gasteiger partial charge in [-0.1, -0.05) is 46.3 Å². The number of nitrogens with one attached hydrogen (secondary N) is 1. The molecular weight excluding hydrogens is 340 g/mol. The van der Waals surface area contributed by atoms with Crippen LogP contribution in [-0.4, -0.2) is 14.8 Å². The fraction of sp³-hybridized carbons (Fsp3) is 0.176. The highest BCUT2D eigenvalue weighted by Crippen LogP contribution is 2.19. The van der Waals surface area contributed by atoms with E-state index in [9.17, 15) is 0 Å². The van der Waals surface area contributed by atoms with Gasteiger partial charge in [0.1, 0.15) is 12.7 Å². The van der Waals surface area contributed by atoms with E-state index in [-0.39, 0.29) is 6.04 Å². The third kappa shape index (κ3) is 3.43. The van der Waals surface area contributed by atoms with Gasteiger partial charge in [-0.25, -0.2) is 9.67 Å². The molecule has 0 amide bonds. The number of nitrogens with zero attached hydrogens (tertiary/aromatic N) is 3. The minimum Gasteiger partial charge on any atom is -0.306 e. The first-order valence-electron chi connectivity index (χ1n) is 7.16. The van der Waals surface area contributed by atoms with Crippen LogP contribution in [0.5, 0.6) is 0 Å². The van der Waals surface area contributed by atoms with Gasteiger partial charge in [0.2, 0.25) is 0 Å². The lowest BCUT2D eigenvalue weighted by Crippen LogP contribution is -2.18. The Labute approximate surface area is 138 Å². The van der Waals surface area contributed by atoms with Crippen LogP contribution in [0, 0.1) is 0 Å². The van der Waals surface area contributed by atoms with Crippen LogP contribution < -0.4 is 5.32 Å². The molecule has 4 nitrogen and oxygen atoms in total. The molecule has 0 aliphatic carbocycles. The summed E-state index contributed by atoms with van der Waals surface area (Å²) in [4.78, 5) is 3.96. The lowest BCUT2D eigenvalue weighted by Gasteiger charge is -2.15. The van der Waals surface area contributed by atoms with Crippen molar-refractivity contribution in [2.24, 2.45) is 0 Å². The largest absolute Gasteiger partial charge is 0.306 e. The molecule has 3 rings (SSSR count). The van der Waals surface area contributed by atoms with Crippen molar-refractivity contribution in [1.82, 2.24) is 20.1 Å². The van der Waals surface area contributed by atoms with E-state index in [1.165, 1.54) is 17.5 Å². The van der Waals surface area contributed by atoms with Crippen molar-refractivity contribution in [1.29, 1.82) is 0 Å².